The highest BCUT2D eigenvalue weighted by molar-refractivity contribution is 5.88. The van der Waals surface area contributed by atoms with Gasteiger partial charge in [0.05, 0.1) is 0 Å². The van der Waals surface area contributed by atoms with E-state index in [-0.39, 0.29) is 11.7 Å². The third-order valence-electron chi connectivity index (χ3n) is 3.85. The van der Waals surface area contributed by atoms with E-state index in [0.29, 0.717) is 5.82 Å². The summed E-state index contributed by atoms with van der Waals surface area (Å²) in [4.78, 5) is 29.4. The molecule has 2 rings (SSSR count). The molecule has 6 nitrogen and oxygen atoms in total. The fraction of sp³-hybridized carbons (Fsp3) is 0.667. The Balaban J connectivity index is 1.95. The van der Waals surface area contributed by atoms with Gasteiger partial charge in [-0.15, -0.1) is 0 Å². The summed E-state index contributed by atoms with van der Waals surface area (Å²) in [5.41, 5.74) is -0.367. The standard InChI is InChI=1S/C15H24N4O2/c1-18-12-9-13(16-14(18)20)17-15(21)19-10-7-5-3-2-4-6-8-11-19/h9,12H,2-8,10-11H2,1H3,(H,16,17,20,21). The van der Waals surface area contributed by atoms with Crippen LogP contribution >= 0.6 is 0 Å². The van der Waals surface area contributed by atoms with E-state index in [1.54, 1.807) is 19.3 Å². The molecule has 2 amide bonds. The van der Waals surface area contributed by atoms with Crippen LogP contribution in [0.2, 0.25) is 0 Å². The molecule has 0 unspecified atom stereocenters. The predicted molar refractivity (Wildman–Crippen MR) is 82.4 cm³/mol. The van der Waals surface area contributed by atoms with E-state index in [1.165, 1.54) is 36.7 Å². The van der Waals surface area contributed by atoms with Crippen molar-refractivity contribution >= 4 is 11.8 Å². The Morgan fingerprint density at radius 2 is 1.67 bits per heavy atom. The average Bonchev–Trinajstić information content (AvgIpc) is 2.48. The maximum Gasteiger partial charge on any atom is 0.349 e. The molecular weight excluding hydrogens is 268 g/mol. The number of carbonyl (C=O) groups excluding carboxylic acids is 1. The van der Waals surface area contributed by atoms with Gasteiger partial charge >= 0.3 is 11.7 Å². The molecule has 116 valence electrons. The van der Waals surface area contributed by atoms with Crippen molar-refractivity contribution in [2.45, 2.75) is 44.9 Å². The van der Waals surface area contributed by atoms with Gasteiger partial charge in [0, 0.05) is 26.3 Å². The van der Waals surface area contributed by atoms with E-state index in [4.69, 9.17) is 0 Å². The van der Waals surface area contributed by atoms with Crippen LogP contribution in [0.5, 0.6) is 0 Å². The van der Waals surface area contributed by atoms with Crippen molar-refractivity contribution in [2.75, 3.05) is 18.4 Å². The van der Waals surface area contributed by atoms with Crippen LogP contribution in [0.4, 0.5) is 10.6 Å². The maximum atomic E-state index is 12.3. The van der Waals surface area contributed by atoms with Crippen molar-refractivity contribution < 1.29 is 4.79 Å². The number of urea groups is 1. The Kier molecular flexibility index (Phi) is 5.78. The Morgan fingerprint density at radius 1 is 1.10 bits per heavy atom. The van der Waals surface area contributed by atoms with Gasteiger partial charge in [0.15, 0.2) is 0 Å². The number of amides is 2. The summed E-state index contributed by atoms with van der Waals surface area (Å²) in [6.45, 7) is 1.55. The Bertz CT molecular complexity index is 517. The number of hydrogen-bond donors (Lipinski definition) is 1. The third-order valence-corrected chi connectivity index (χ3v) is 3.85. The number of anilines is 1. The largest absolute Gasteiger partial charge is 0.349 e. The van der Waals surface area contributed by atoms with Gasteiger partial charge in [-0.2, -0.15) is 4.98 Å². The molecule has 1 aromatic heterocycles. The minimum absolute atomic E-state index is 0.156. The SMILES string of the molecule is Cn1ccc(NC(=O)N2CCCCCCCCC2)nc1=O. The van der Waals surface area contributed by atoms with E-state index in [0.717, 1.165) is 25.9 Å². The number of carbonyl (C=O) groups is 1. The quantitative estimate of drug-likeness (QED) is 0.864. The van der Waals surface area contributed by atoms with Crippen molar-refractivity contribution in [3.05, 3.63) is 22.7 Å². The smallest absolute Gasteiger partial charge is 0.325 e. The van der Waals surface area contributed by atoms with Gasteiger partial charge in [-0.1, -0.05) is 32.1 Å². The Labute approximate surface area is 125 Å². The lowest BCUT2D eigenvalue weighted by molar-refractivity contribution is 0.207. The summed E-state index contributed by atoms with van der Waals surface area (Å²) in [7, 11) is 1.63. The van der Waals surface area contributed by atoms with Crippen LogP contribution in [0.25, 0.3) is 0 Å². The van der Waals surface area contributed by atoms with Gasteiger partial charge in [0.2, 0.25) is 0 Å². The fourth-order valence-corrected chi connectivity index (χ4v) is 2.53. The number of nitrogens with one attached hydrogen (secondary N) is 1. The molecule has 0 aliphatic carbocycles. The molecule has 1 fully saturated rings. The fourth-order valence-electron chi connectivity index (χ4n) is 2.53. The van der Waals surface area contributed by atoms with Crippen molar-refractivity contribution in [3.63, 3.8) is 0 Å². The van der Waals surface area contributed by atoms with Crippen LogP contribution in [0.15, 0.2) is 17.1 Å². The molecule has 21 heavy (non-hydrogen) atoms. The normalized spacial score (nSPS) is 17.3. The number of rotatable bonds is 1. The van der Waals surface area contributed by atoms with E-state index in [2.05, 4.69) is 10.3 Å². The Hall–Kier alpha value is -1.85. The Morgan fingerprint density at radius 3 is 2.24 bits per heavy atom. The number of hydrogen-bond acceptors (Lipinski definition) is 3. The van der Waals surface area contributed by atoms with Crippen LogP contribution in [-0.4, -0.2) is 33.6 Å². The average molecular weight is 292 g/mol. The molecule has 0 bridgehead atoms. The second-order valence-electron chi connectivity index (χ2n) is 5.60. The first-order valence-electron chi connectivity index (χ1n) is 7.76. The van der Waals surface area contributed by atoms with Crippen LogP contribution in [0, 0.1) is 0 Å². The first-order valence-corrected chi connectivity index (χ1v) is 7.76. The molecular formula is C15H24N4O2. The molecule has 0 radical (unpaired) electrons. The van der Waals surface area contributed by atoms with Gasteiger partial charge in [0.1, 0.15) is 5.82 Å². The molecule has 1 aromatic rings. The molecule has 0 saturated carbocycles. The van der Waals surface area contributed by atoms with Crippen LogP contribution in [0.1, 0.15) is 44.9 Å². The molecule has 1 saturated heterocycles. The maximum absolute atomic E-state index is 12.3. The summed E-state index contributed by atoms with van der Waals surface area (Å²) in [5, 5.41) is 2.73. The molecule has 2 heterocycles. The predicted octanol–water partition coefficient (Wildman–Crippen LogP) is 2.36. The highest BCUT2D eigenvalue weighted by Gasteiger charge is 2.14. The van der Waals surface area contributed by atoms with E-state index >= 15 is 0 Å². The van der Waals surface area contributed by atoms with Crippen molar-refractivity contribution in [3.8, 4) is 0 Å². The van der Waals surface area contributed by atoms with Crippen molar-refractivity contribution in [1.29, 1.82) is 0 Å². The van der Waals surface area contributed by atoms with Gasteiger partial charge in [0.25, 0.3) is 0 Å². The molecule has 0 aromatic carbocycles. The van der Waals surface area contributed by atoms with Gasteiger partial charge in [-0.25, -0.2) is 9.59 Å². The zero-order chi connectivity index (χ0) is 15.1. The van der Waals surface area contributed by atoms with Gasteiger partial charge in [-0.05, 0) is 18.9 Å². The topological polar surface area (TPSA) is 67.2 Å². The first-order chi connectivity index (χ1) is 10.2. The van der Waals surface area contributed by atoms with Crippen molar-refractivity contribution in [1.82, 2.24) is 14.5 Å². The lowest BCUT2D eigenvalue weighted by atomic mass is 10.1. The minimum Gasteiger partial charge on any atom is -0.325 e. The molecule has 6 heteroatoms. The summed E-state index contributed by atoms with van der Waals surface area (Å²) < 4.78 is 1.37. The van der Waals surface area contributed by atoms with E-state index in [9.17, 15) is 9.59 Å². The molecule has 1 aliphatic rings. The lowest BCUT2D eigenvalue weighted by Gasteiger charge is -2.23. The summed E-state index contributed by atoms with van der Waals surface area (Å²) in [6, 6.07) is 1.48. The molecule has 1 N–H and O–H groups in total. The van der Waals surface area contributed by atoms with Crippen LogP contribution in [0.3, 0.4) is 0 Å². The monoisotopic (exact) mass is 292 g/mol. The van der Waals surface area contributed by atoms with E-state index < -0.39 is 0 Å². The summed E-state index contributed by atoms with van der Waals surface area (Å²) in [6.07, 6.45) is 9.85. The zero-order valence-corrected chi connectivity index (χ0v) is 12.7. The van der Waals surface area contributed by atoms with Crippen molar-refractivity contribution in [2.24, 2.45) is 7.05 Å². The number of aromatic nitrogens is 2. The number of nitrogens with zero attached hydrogens (tertiary/aromatic N) is 3. The molecule has 1 aliphatic heterocycles. The van der Waals surface area contributed by atoms with E-state index in [1.807, 2.05) is 4.90 Å². The molecule has 0 spiro atoms. The third kappa shape index (κ3) is 4.88. The minimum atomic E-state index is -0.367. The first kappa shape index (κ1) is 15.5. The second-order valence-corrected chi connectivity index (χ2v) is 5.60. The van der Waals surface area contributed by atoms with Crippen LogP contribution < -0.4 is 11.0 Å². The number of aryl methyl sites for hydroxylation is 1. The highest BCUT2D eigenvalue weighted by atomic mass is 16.2. The second kappa shape index (κ2) is 7.81. The van der Waals surface area contributed by atoms with Crippen LogP contribution in [-0.2, 0) is 7.05 Å². The highest BCUT2D eigenvalue weighted by Crippen LogP contribution is 2.12. The zero-order valence-electron chi connectivity index (χ0n) is 12.7. The van der Waals surface area contributed by atoms with Gasteiger partial charge < -0.3 is 9.47 Å². The molecule has 0 atom stereocenters. The summed E-state index contributed by atoms with van der Waals surface area (Å²) in [5.74, 6) is 0.320. The lowest BCUT2D eigenvalue weighted by Crippen LogP contribution is -2.37. The van der Waals surface area contributed by atoms with Gasteiger partial charge in [-0.3, -0.25) is 5.32 Å². The summed E-state index contributed by atoms with van der Waals surface area (Å²) >= 11 is 0.